The maximum atomic E-state index is 12.4. The summed E-state index contributed by atoms with van der Waals surface area (Å²) in [5, 5.41) is 12.2. The van der Waals surface area contributed by atoms with Crippen molar-refractivity contribution in [3.63, 3.8) is 0 Å². The minimum absolute atomic E-state index is 0.0916. The Labute approximate surface area is 179 Å². The Morgan fingerprint density at radius 1 is 1.20 bits per heavy atom. The number of hydrogen-bond donors (Lipinski definition) is 1. The van der Waals surface area contributed by atoms with Crippen molar-refractivity contribution < 1.29 is 14.3 Å². The van der Waals surface area contributed by atoms with Crippen LogP contribution in [0.15, 0.2) is 41.7 Å². The van der Waals surface area contributed by atoms with Crippen molar-refractivity contribution in [1.82, 2.24) is 19.7 Å². The summed E-state index contributed by atoms with van der Waals surface area (Å²) in [6.45, 7) is 7.08. The third-order valence-electron chi connectivity index (χ3n) is 4.74. The average molecular weight is 426 g/mol. The van der Waals surface area contributed by atoms with E-state index in [-0.39, 0.29) is 18.5 Å². The minimum Gasteiger partial charge on any atom is -0.451 e. The zero-order valence-electron chi connectivity index (χ0n) is 17.1. The largest absolute Gasteiger partial charge is 0.451 e. The summed E-state index contributed by atoms with van der Waals surface area (Å²) in [6.07, 6.45) is 1.66. The lowest BCUT2D eigenvalue weighted by Gasteiger charge is -2.10. The summed E-state index contributed by atoms with van der Waals surface area (Å²) in [5.41, 5.74) is 2.79. The summed E-state index contributed by atoms with van der Waals surface area (Å²) in [7, 11) is 0. The van der Waals surface area contributed by atoms with Gasteiger partial charge < -0.3 is 19.4 Å². The molecule has 30 heavy (non-hydrogen) atoms. The molecule has 0 saturated carbocycles. The molecular weight excluding hydrogens is 402 g/mol. The number of hydrogen-bond acceptors (Lipinski definition) is 7. The van der Waals surface area contributed by atoms with E-state index in [1.807, 2.05) is 41.8 Å². The fourth-order valence-corrected chi connectivity index (χ4v) is 3.95. The van der Waals surface area contributed by atoms with Gasteiger partial charge in [-0.05, 0) is 36.6 Å². The Morgan fingerprint density at radius 3 is 2.73 bits per heavy atom. The predicted molar refractivity (Wildman–Crippen MR) is 115 cm³/mol. The SMILES string of the molecule is CCn1c(SCC(=O)Nc2ccc(C(C)C)cc2)nnc1-c1ccnc2c1OCO2. The molecule has 1 aliphatic rings. The van der Waals surface area contributed by atoms with Gasteiger partial charge in [-0.3, -0.25) is 4.79 Å². The summed E-state index contributed by atoms with van der Waals surface area (Å²) in [4.78, 5) is 16.6. The van der Waals surface area contributed by atoms with E-state index in [2.05, 4.69) is 34.3 Å². The number of nitrogens with zero attached hydrogens (tertiary/aromatic N) is 4. The first kappa shape index (κ1) is 20.2. The van der Waals surface area contributed by atoms with Gasteiger partial charge in [0.25, 0.3) is 5.88 Å². The lowest BCUT2D eigenvalue weighted by atomic mass is 10.0. The van der Waals surface area contributed by atoms with Gasteiger partial charge in [-0.2, -0.15) is 0 Å². The third-order valence-corrected chi connectivity index (χ3v) is 5.70. The minimum atomic E-state index is -0.0916. The van der Waals surface area contributed by atoms with Crippen molar-refractivity contribution in [3.8, 4) is 23.0 Å². The number of thioether (sulfide) groups is 1. The standard InChI is InChI=1S/C21H23N5O3S/c1-4-26-19(16-9-10-22-20-18(16)28-12-29-20)24-25-21(26)30-11-17(27)23-15-7-5-14(6-8-15)13(2)3/h5-10,13H,4,11-12H2,1-3H3,(H,23,27). The molecular formula is C21H23N5O3S. The molecule has 1 aromatic carbocycles. The molecule has 0 radical (unpaired) electrons. The first-order valence-corrected chi connectivity index (χ1v) is 10.8. The Kier molecular flexibility index (Phi) is 5.89. The number of nitrogens with one attached hydrogen (secondary N) is 1. The van der Waals surface area contributed by atoms with Gasteiger partial charge in [0.1, 0.15) is 0 Å². The molecule has 3 heterocycles. The van der Waals surface area contributed by atoms with Gasteiger partial charge in [-0.25, -0.2) is 4.98 Å². The van der Waals surface area contributed by atoms with Crippen molar-refractivity contribution in [3.05, 3.63) is 42.1 Å². The highest BCUT2D eigenvalue weighted by Gasteiger charge is 2.24. The second kappa shape index (κ2) is 8.74. The van der Waals surface area contributed by atoms with Crippen LogP contribution in [-0.4, -0.2) is 38.2 Å². The molecule has 0 unspecified atom stereocenters. The summed E-state index contributed by atoms with van der Waals surface area (Å²) < 4.78 is 12.8. The molecule has 3 aromatic rings. The van der Waals surface area contributed by atoms with Gasteiger partial charge in [-0.15, -0.1) is 10.2 Å². The van der Waals surface area contributed by atoms with E-state index in [1.54, 1.807) is 6.20 Å². The molecule has 0 aliphatic carbocycles. The molecule has 0 fully saturated rings. The molecule has 4 rings (SSSR count). The Hall–Kier alpha value is -3.07. The van der Waals surface area contributed by atoms with Crippen molar-refractivity contribution in [1.29, 1.82) is 0 Å². The van der Waals surface area contributed by atoms with Gasteiger partial charge in [-0.1, -0.05) is 37.7 Å². The molecule has 1 amide bonds. The number of carbonyl (C=O) groups excluding carboxylic acids is 1. The fourth-order valence-electron chi connectivity index (χ4n) is 3.15. The van der Waals surface area contributed by atoms with Crippen LogP contribution in [0.5, 0.6) is 11.6 Å². The topological polar surface area (TPSA) is 91.2 Å². The van der Waals surface area contributed by atoms with Crippen LogP contribution in [0.3, 0.4) is 0 Å². The maximum absolute atomic E-state index is 12.4. The van der Waals surface area contributed by atoms with Crippen LogP contribution in [0.4, 0.5) is 5.69 Å². The van der Waals surface area contributed by atoms with Crippen molar-refractivity contribution in [2.45, 2.75) is 38.4 Å². The van der Waals surface area contributed by atoms with Crippen LogP contribution in [0, 0.1) is 0 Å². The van der Waals surface area contributed by atoms with Crippen LogP contribution in [0.25, 0.3) is 11.4 Å². The number of ether oxygens (including phenoxy) is 2. The van der Waals surface area contributed by atoms with E-state index in [9.17, 15) is 4.79 Å². The van der Waals surface area contributed by atoms with Crippen molar-refractivity contribution >= 4 is 23.4 Å². The smallest absolute Gasteiger partial charge is 0.260 e. The molecule has 0 atom stereocenters. The van der Waals surface area contributed by atoms with E-state index >= 15 is 0 Å². The lowest BCUT2D eigenvalue weighted by molar-refractivity contribution is -0.113. The summed E-state index contributed by atoms with van der Waals surface area (Å²) in [5.74, 6) is 2.28. The summed E-state index contributed by atoms with van der Waals surface area (Å²) in [6, 6.07) is 9.75. The number of pyridine rings is 1. The third kappa shape index (κ3) is 4.11. The quantitative estimate of drug-likeness (QED) is 0.573. The molecule has 0 bridgehead atoms. The van der Waals surface area contributed by atoms with E-state index in [0.29, 0.717) is 35.1 Å². The van der Waals surface area contributed by atoms with E-state index in [4.69, 9.17) is 9.47 Å². The zero-order valence-corrected chi connectivity index (χ0v) is 17.9. The van der Waals surface area contributed by atoms with E-state index < -0.39 is 0 Å². The first-order valence-electron chi connectivity index (χ1n) is 9.77. The summed E-state index contributed by atoms with van der Waals surface area (Å²) >= 11 is 1.35. The van der Waals surface area contributed by atoms with Gasteiger partial charge in [0.15, 0.2) is 16.7 Å². The van der Waals surface area contributed by atoms with Crippen LogP contribution < -0.4 is 14.8 Å². The van der Waals surface area contributed by atoms with Gasteiger partial charge >= 0.3 is 0 Å². The number of aromatic nitrogens is 4. The van der Waals surface area contributed by atoms with Crippen molar-refractivity contribution in [2.75, 3.05) is 17.9 Å². The number of rotatable bonds is 7. The van der Waals surface area contributed by atoms with Gasteiger partial charge in [0, 0.05) is 18.4 Å². The normalized spacial score (nSPS) is 12.4. The molecule has 156 valence electrons. The number of carbonyl (C=O) groups is 1. The first-order chi connectivity index (χ1) is 14.6. The Morgan fingerprint density at radius 2 is 2.00 bits per heavy atom. The second-order valence-electron chi connectivity index (χ2n) is 7.06. The molecule has 9 heteroatoms. The lowest BCUT2D eigenvalue weighted by Crippen LogP contribution is -2.14. The molecule has 2 aromatic heterocycles. The van der Waals surface area contributed by atoms with Crippen LogP contribution >= 0.6 is 11.8 Å². The van der Waals surface area contributed by atoms with Crippen LogP contribution in [0.2, 0.25) is 0 Å². The maximum Gasteiger partial charge on any atom is 0.260 e. The highest BCUT2D eigenvalue weighted by atomic mass is 32.2. The highest BCUT2D eigenvalue weighted by molar-refractivity contribution is 7.99. The van der Waals surface area contributed by atoms with Gasteiger partial charge in [0.05, 0.1) is 11.3 Å². The molecule has 1 N–H and O–H groups in total. The molecule has 1 aliphatic heterocycles. The number of anilines is 1. The zero-order chi connectivity index (χ0) is 21.1. The second-order valence-corrected chi connectivity index (χ2v) is 8.01. The van der Waals surface area contributed by atoms with E-state index in [0.717, 1.165) is 11.3 Å². The Bertz CT molecular complexity index is 1050. The van der Waals surface area contributed by atoms with E-state index in [1.165, 1.54) is 17.3 Å². The average Bonchev–Trinajstić information content (AvgIpc) is 3.39. The monoisotopic (exact) mass is 425 g/mol. The number of fused-ring (bicyclic) bond motifs is 1. The predicted octanol–water partition coefficient (Wildman–Crippen LogP) is 3.94. The van der Waals surface area contributed by atoms with Crippen LogP contribution in [-0.2, 0) is 11.3 Å². The van der Waals surface area contributed by atoms with Gasteiger partial charge in [0.2, 0.25) is 12.7 Å². The Balaban J connectivity index is 1.44. The fraction of sp³-hybridized carbons (Fsp3) is 0.333. The molecule has 0 saturated heterocycles. The number of benzene rings is 1. The highest BCUT2D eigenvalue weighted by Crippen LogP contribution is 2.39. The number of amides is 1. The van der Waals surface area contributed by atoms with Crippen LogP contribution in [0.1, 0.15) is 32.3 Å². The molecule has 0 spiro atoms. The van der Waals surface area contributed by atoms with Crippen molar-refractivity contribution in [2.24, 2.45) is 0 Å². The molecule has 8 nitrogen and oxygen atoms in total.